The second-order valence-electron chi connectivity index (χ2n) is 5.58. The molecule has 21 heavy (non-hydrogen) atoms. The van der Waals surface area contributed by atoms with Gasteiger partial charge in [-0.3, -0.25) is 9.69 Å². The number of ether oxygens (including phenoxy) is 1. The van der Waals surface area contributed by atoms with Crippen molar-refractivity contribution >= 4 is 5.91 Å². The van der Waals surface area contributed by atoms with Crippen molar-refractivity contribution in [3.8, 4) is 5.75 Å². The van der Waals surface area contributed by atoms with Crippen molar-refractivity contribution < 1.29 is 9.53 Å². The number of carbonyl (C=O) groups is 1. The van der Waals surface area contributed by atoms with Crippen LogP contribution >= 0.6 is 0 Å². The molecular formula is C16H25N3O2. The minimum Gasteiger partial charge on any atom is -0.492 e. The third-order valence-electron chi connectivity index (χ3n) is 3.82. The van der Waals surface area contributed by atoms with E-state index in [0.717, 1.165) is 38.2 Å². The molecule has 0 saturated carbocycles. The van der Waals surface area contributed by atoms with E-state index in [2.05, 4.69) is 10.2 Å². The van der Waals surface area contributed by atoms with Gasteiger partial charge in [-0.25, -0.2) is 0 Å². The standard InChI is InChI=1S/C16H25N3O2/c1-13-3-2-4-15(11-13)21-10-9-19(12-16(17)20)14-5-7-18-8-6-14/h2-4,11,14,18H,5-10,12H2,1H3,(H2,17,20). The van der Waals surface area contributed by atoms with Crippen molar-refractivity contribution in [2.24, 2.45) is 5.73 Å². The third-order valence-corrected chi connectivity index (χ3v) is 3.82. The van der Waals surface area contributed by atoms with Crippen molar-refractivity contribution in [1.82, 2.24) is 10.2 Å². The van der Waals surface area contributed by atoms with E-state index >= 15 is 0 Å². The van der Waals surface area contributed by atoms with E-state index in [-0.39, 0.29) is 5.91 Å². The van der Waals surface area contributed by atoms with Crippen LogP contribution in [0.15, 0.2) is 24.3 Å². The minimum absolute atomic E-state index is 0.274. The second-order valence-corrected chi connectivity index (χ2v) is 5.58. The molecule has 1 fully saturated rings. The molecule has 1 saturated heterocycles. The molecule has 0 unspecified atom stereocenters. The molecule has 5 nitrogen and oxygen atoms in total. The van der Waals surface area contributed by atoms with Crippen molar-refractivity contribution in [2.75, 3.05) is 32.8 Å². The van der Waals surface area contributed by atoms with Gasteiger partial charge in [0.05, 0.1) is 6.54 Å². The molecule has 116 valence electrons. The molecule has 0 spiro atoms. The average Bonchev–Trinajstić information content (AvgIpc) is 2.47. The Morgan fingerprint density at radius 3 is 2.86 bits per heavy atom. The maximum absolute atomic E-state index is 11.3. The molecule has 0 atom stereocenters. The fourth-order valence-corrected chi connectivity index (χ4v) is 2.75. The summed E-state index contributed by atoms with van der Waals surface area (Å²) in [5.41, 5.74) is 6.55. The molecule has 1 amide bonds. The fraction of sp³-hybridized carbons (Fsp3) is 0.562. The predicted molar refractivity (Wildman–Crippen MR) is 83.3 cm³/mol. The summed E-state index contributed by atoms with van der Waals surface area (Å²) in [7, 11) is 0. The zero-order valence-electron chi connectivity index (χ0n) is 12.7. The first-order valence-corrected chi connectivity index (χ1v) is 7.57. The van der Waals surface area contributed by atoms with Gasteiger partial charge in [-0.2, -0.15) is 0 Å². The van der Waals surface area contributed by atoms with Gasteiger partial charge < -0.3 is 15.8 Å². The van der Waals surface area contributed by atoms with Crippen molar-refractivity contribution in [2.45, 2.75) is 25.8 Å². The normalized spacial score (nSPS) is 16.1. The smallest absolute Gasteiger partial charge is 0.231 e. The molecule has 2 rings (SSSR count). The number of nitrogens with two attached hydrogens (primary N) is 1. The third kappa shape index (κ3) is 5.36. The monoisotopic (exact) mass is 291 g/mol. The molecule has 0 bridgehead atoms. The largest absolute Gasteiger partial charge is 0.492 e. The first-order valence-electron chi connectivity index (χ1n) is 7.57. The van der Waals surface area contributed by atoms with Crippen LogP contribution in [0.2, 0.25) is 0 Å². The molecular weight excluding hydrogens is 266 g/mol. The number of piperidine rings is 1. The lowest BCUT2D eigenvalue weighted by Gasteiger charge is -2.33. The van der Waals surface area contributed by atoms with Crippen LogP contribution in [0.25, 0.3) is 0 Å². The van der Waals surface area contributed by atoms with Gasteiger partial charge in [0.15, 0.2) is 0 Å². The van der Waals surface area contributed by atoms with E-state index in [1.807, 2.05) is 31.2 Å². The van der Waals surface area contributed by atoms with Crippen molar-refractivity contribution in [3.05, 3.63) is 29.8 Å². The van der Waals surface area contributed by atoms with Crippen LogP contribution in [0.4, 0.5) is 0 Å². The van der Waals surface area contributed by atoms with E-state index in [4.69, 9.17) is 10.5 Å². The van der Waals surface area contributed by atoms with Gasteiger partial charge in [0.2, 0.25) is 5.91 Å². The number of amides is 1. The summed E-state index contributed by atoms with van der Waals surface area (Å²) in [4.78, 5) is 13.4. The number of nitrogens with one attached hydrogen (secondary N) is 1. The van der Waals surface area contributed by atoms with Crippen LogP contribution in [0.5, 0.6) is 5.75 Å². The highest BCUT2D eigenvalue weighted by Gasteiger charge is 2.22. The zero-order valence-corrected chi connectivity index (χ0v) is 12.7. The lowest BCUT2D eigenvalue weighted by atomic mass is 10.0. The number of hydrogen-bond acceptors (Lipinski definition) is 4. The number of carbonyl (C=O) groups excluding carboxylic acids is 1. The summed E-state index contributed by atoms with van der Waals surface area (Å²) in [5, 5.41) is 3.34. The zero-order chi connectivity index (χ0) is 15.1. The maximum Gasteiger partial charge on any atom is 0.231 e. The lowest BCUT2D eigenvalue weighted by Crippen LogP contribution is -2.47. The Labute approximate surface area is 126 Å². The summed E-state index contributed by atoms with van der Waals surface area (Å²) in [5.74, 6) is 0.600. The molecule has 1 heterocycles. The SMILES string of the molecule is Cc1cccc(OCCN(CC(N)=O)C2CCNCC2)c1. The number of hydrogen-bond donors (Lipinski definition) is 2. The topological polar surface area (TPSA) is 67.6 Å². The predicted octanol–water partition coefficient (Wildman–Crippen LogP) is 0.913. The first-order chi connectivity index (χ1) is 10.1. The van der Waals surface area contributed by atoms with Crippen molar-refractivity contribution in [1.29, 1.82) is 0 Å². The molecule has 3 N–H and O–H groups in total. The Morgan fingerprint density at radius 1 is 1.43 bits per heavy atom. The van der Waals surface area contributed by atoms with Gasteiger partial charge in [-0.15, -0.1) is 0 Å². The highest BCUT2D eigenvalue weighted by Crippen LogP contribution is 2.14. The number of benzene rings is 1. The van der Waals surface area contributed by atoms with Crippen LogP contribution in [-0.4, -0.2) is 49.6 Å². The summed E-state index contributed by atoms with van der Waals surface area (Å²) in [6.45, 7) is 5.64. The quantitative estimate of drug-likeness (QED) is 0.784. The van der Waals surface area contributed by atoms with Crippen LogP contribution in [0.3, 0.4) is 0 Å². The molecule has 1 aliphatic heterocycles. The highest BCUT2D eigenvalue weighted by molar-refractivity contribution is 5.75. The highest BCUT2D eigenvalue weighted by atomic mass is 16.5. The summed E-state index contributed by atoms with van der Waals surface area (Å²) >= 11 is 0. The Balaban J connectivity index is 1.84. The van der Waals surface area contributed by atoms with Crippen LogP contribution in [-0.2, 0) is 4.79 Å². The van der Waals surface area contributed by atoms with E-state index in [1.165, 1.54) is 5.56 Å². The van der Waals surface area contributed by atoms with Gasteiger partial charge in [0, 0.05) is 12.6 Å². The Kier molecular flexibility index (Phi) is 6.02. The van der Waals surface area contributed by atoms with Crippen LogP contribution in [0.1, 0.15) is 18.4 Å². The Bertz CT molecular complexity index is 459. The van der Waals surface area contributed by atoms with E-state index in [9.17, 15) is 4.79 Å². The number of nitrogens with zero attached hydrogens (tertiary/aromatic N) is 1. The molecule has 1 aliphatic rings. The Hall–Kier alpha value is -1.59. The van der Waals surface area contributed by atoms with E-state index in [1.54, 1.807) is 0 Å². The van der Waals surface area contributed by atoms with Crippen molar-refractivity contribution in [3.63, 3.8) is 0 Å². The summed E-state index contributed by atoms with van der Waals surface area (Å²) in [6, 6.07) is 8.42. The summed E-state index contributed by atoms with van der Waals surface area (Å²) < 4.78 is 5.78. The lowest BCUT2D eigenvalue weighted by molar-refractivity contribution is -0.119. The first kappa shape index (κ1) is 15.8. The number of aryl methyl sites for hydroxylation is 1. The molecule has 0 radical (unpaired) electrons. The van der Waals surface area contributed by atoms with Gasteiger partial charge in [0.1, 0.15) is 12.4 Å². The number of rotatable bonds is 7. The van der Waals surface area contributed by atoms with Gasteiger partial charge >= 0.3 is 0 Å². The molecule has 0 aliphatic carbocycles. The van der Waals surface area contributed by atoms with Crippen LogP contribution < -0.4 is 15.8 Å². The molecule has 1 aromatic rings. The van der Waals surface area contributed by atoms with Gasteiger partial charge in [0.25, 0.3) is 0 Å². The van der Waals surface area contributed by atoms with E-state index < -0.39 is 0 Å². The molecule has 5 heteroatoms. The van der Waals surface area contributed by atoms with Gasteiger partial charge in [-0.05, 0) is 50.6 Å². The molecule has 1 aromatic carbocycles. The Morgan fingerprint density at radius 2 is 2.19 bits per heavy atom. The summed E-state index contributed by atoms with van der Waals surface area (Å²) in [6.07, 6.45) is 2.11. The van der Waals surface area contributed by atoms with E-state index in [0.29, 0.717) is 19.2 Å². The second kappa shape index (κ2) is 8.00. The fourth-order valence-electron chi connectivity index (χ4n) is 2.75. The van der Waals surface area contributed by atoms with Crippen LogP contribution in [0, 0.1) is 6.92 Å². The number of primary amides is 1. The molecule has 0 aromatic heterocycles. The minimum atomic E-state index is -0.274. The maximum atomic E-state index is 11.3. The average molecular weight is 291 g/mol. The van der Waals surface area contributed by atoms with Gasteiger partial charge in [-0.1, -0.05) is 12.1 Å².